The summed E-state index contributed by atoms with van der Waals surface area (Å²) in [5.74, 6) is 0. The van der Waals surface area contributed by atoms with Crippen molar-refractivity contribution in [2.75, 3.05) is 0 Å². The fourth-order valence-corrected chi connectivity index (χ4v) is 2.39. The van der Waals surface area contributed by atoms with Crippen molar-refractivity contribution in [3.63, 3.8) is 0 Å². The van der Waals surface area contributed by atoms with Crippen LogP contribution in [-0.2, 0) is 17.8 Å². The minimum atomic E-state index is -5.06. The van der Waals surface area contributed by atoms with Crippen LogP contribution in [0, 0.1) is 0 Å². The van der Waals surface area contributed by atoms with Gasteiger partial charge in [0.15, 0.2) is 0 Å². The monoisotopic (exact) mass is 366 g/mol. The van der Waals surface area contributed by atoms with Gasteiger partial charge in [-0.2, -0.15) is 0 Å². The first-order chi connectivity index (χ1) is 10.5. The van der Waals surface area contributed by atoms with E-state index in [2.05, 4.69) is 0 Å². The Bertz CT molecular complexity index is 595. The molecule has 23 heavy (non-hydrogen) atoms. The number of aryl methyl sites for hydroxylation is 1. The molecular weight excluding hydrogens is 351 g/mol. The maximum atomic E-state index is 13.1. The Balaban J connectivity index is 0.00000264. The first kappa shape index (κ1) is 21.2. The van der Waals surface area contributed by atoms with Gasteiger partial charge in [-0.15, -0.1) is 0 Å². The predicted molar refractivity (Wildman–Crippen MR) is 83.9 cm³/mol. The molecule has 0 saturated carbocycles. The van der Waals surface area contributed by atoms with Crippen LogP contribution in [0.25, 0.3) is 0 Å². The zero-order valence-electron chi connectivity index (χ0n) is 12.9. The van der Waals surface area contributed by atoms with Gasteiger partial charge in [0.1, 0.15) is 0 Å². The molecule has 2 aromatic rings. The summed E-state index contributed by atoms with van der Waals surface area (Å²) in [6.07, 6.45) is 0.112. The van der Waals surface area contributed by atoms with Crippen molar-refractivity contribution in [1.82, 2.24) is 0 Å². The predicted octanol–water partition coefficient (Wildman–Crippen LogP) is 2.25. The molecule has 0 radical (unpaired) electrons. The molecule has 1 unspecified atom stereocenters. The van der Waals surface area contributed by atoms with E-state index in [1.54, 1.807) is 48.5 Å². The van der Waals surface area contributed by atoms with E-state index in [4.69, 9.17) is 16.3 Å². The topological polar surface area (TPSA) is 9.23 Å². The fourth-order valence-electron chi connectivity index (χ4n) is 2.16. The molecule has 0 spiro atoms. The normalized spacial score (nSPS) is 12.5. The van der Waals surface area contributed by atoms with Crippen molar-refractivity contribution in [3.05, 3.63) is 70.7 Å². The van der Waals surface area contributed by atoms with Crippen LogP contribution in [0.2, 0.25) is 5.02 Å². The molecule has 2 rings (SSSR count). The molecule has 0 fully saturated rings. The second-order valence-electron chi connectivity index (χ2n) is 5.09. The van der Waals surface area contributed by atoms with E-state index in [-0.39, 0.29) is 70.8 Å². The van der Waals surface area contributed by atoms with Crippen molar-refractivity contribution in [2.45, 2.75) is 25.5 Å². The van der Waals surface area contributed by atoms with Crippen molar-refractivity contribution in [2.24, 2.45) is 0 Å². The molecule has 0 aliphatic heterocycles. The largest absolute Gasteiger partial charge is 1.00 e. The van der Waals surface area contributed by atoms with Crippen LogP contribution in [0.1, 0.15) is 17.5 Å². The Kier molecular flexibility index (Phi) is 9.45. The average Bonchev–Trinajstić information content (AvgIpc) is 2.48. The van der Waals surface area contributed by atoms with Gasteiger partial charge in [0.25, 0.3) is 0 Å². The molecule has 0 amide bonds. The van der Waals surface area contributed by atoms with Crippen LogP contribution in [0.3, 0.4) is 0 Å². The Labute approximate surface area is 182 Å². The minimum Gasteiger partial charge on any atom is -0.447 e. The van der Waals surface area contributed by atoms with Gasteiger partial charge in [0.2, 0.25) is 0 Å². The number of ether oxygens (including phenoxy) is 1. The average molecular weight is 367 g/mol. The molecule has 1 nitrogen and oxygen atoms in total. The molecule has 0 aliphatic carbocycles. The second-order valence-corrected chi connectivity index (χ2v) is 5.50. The van der Waals surface area contributed by atoms with Gasteiger partial charge < -0.3 is 17.7 Å². The van der Waals surface area contributed by atoms with Crippen LogP contribution >= 0.6 is 11.6 Å². The van der Waals surface area contributed by atoms with E-state index in [0.717, 1.165) is 5.56 Å². The van der Waals surface area contributed by atoms with E-state index in [1.165, 1.54) is 0 Å². The number of hydrogen-bond acceptors (Lipinski definition) is 1. The summed E-state index contributed by atoms with van der Waals surface area (Å²) in [5.41, 5.74) is 1.43. The van der Waals surface area contributed by atoms with Gasteiger partial charge in [-0.3, -0.25) is 0 Å². The minimum absolute atomic E-state index is 0. The van der Waals surface area contributed by atoms with E-state index >= 15 is 0 Å². The summed E-state index contributed by atoms with van der Waals surface area (Å²) >= 11 is 5.98. The zero-order valence-corrected chi connectivity index (χ0v) is 16.8. The van der Waals surface area contributed by atoms with Crippen LogP contribution in [0.4, 0.5) is 12.9 Å². The molecule has 0 bridgehead atoms. The molecule has 2 aromatic carbocycles. The number of benzene rings is 2. The van der Waals surface area contributed by atoms with Crippen LogP contribution in [0.15, 0.2) is 54.6 Å². The summed E-state index contributed by atoms with van der Waals surface area (Å²) in [6.45, 7) is -5.11. The Morgan fingerprint density at radius 1 is 0.957 bits per heavy atom. The van der Waals surface area contributed by atoms with E-state index in [0.29, 0.717) is 10.6 Å². The number of halogens is 4. The third-order valence-electron chi connectivity index (χ3n) is 3.38. The number of rotatable bonds is 7. The smallest absolute Gasteiger partial charge is 0.447 e. The third kappa shape index (κ3) is 7.30. The molecule has 0 saturated heterocycles. The van der Waals surface area contributed by atoms with E-state index < -0.39 is 13.0 Å². The number of hydrogen-bond donors (Lipinski definition) is 0. The molecular formula is C16H16BClF3KO. The summed E-state index contributed by atoms with van der Waals surface area (Å²) in [7, 11) is 0. The first-order valence-corrected chi connectivity index (χ1v) is 7.43. The molecule has 7 heteroatoms. The molecule has 118 valence electrons. The van der Waals surface area contributed by atoms with Crippen molar-refractivity contribution < 1.29 is 69.1 Å². The standard InChI is InChI=1S/C16H16BClF3O.K/c18-15-9-5-4-8-14(15)10-11-16(17(19,20)21)22-12-13-6-2-1-3-7-13;/h1-9,16H,10-12H2;/q-1;+1. The van der Waals surface area contributed by atoms with Crippen LogP contribution < -0.4 is 51.4 Å². The maximum Gasteiger partial charge on any atom is 1.00 e. The Hall–Kier alpha value is 0.181. The summed E-state index contributed by atoms with van der Waals surface area (Å²) in [5, 5.41) is 0.485. The van der Waals surface area contributed by atoms with Gasteiger partial charge in [-0.25, -0.2) is 0 Å². The summed E-state index contributed by atoms with van der Waals surface area (Å²) < 4.78 is 44.5. The van der Waals surface area contributed by atoms with Gasteiger partial charge in [-0.1, -0.05) is 60.1 Å². The van der Waals surface area contributed by atoms with Crippen molar-refractivity contribution in [3.8, 4) is 0 Å². The van der Waals surface area contributed by atoms with Gasteiger partial charge in [0, 0.05) is 11.0 Å². The van der Waals surface area contributed by atoms with Crippen molar-refractivity contribution >= 4 is 18.6 Å². The maximum absolute atomic E-state index is 13.1. The van der Waals surface area contributed by atoms with Gasteiger partial charge in [0.05, 0.1) is 6.61 Å². The fraction of sp³-hybridized carbons (Fsp3) is 0.250. The zero-order chi connectivity index (χ0) is 16.0. The Morgan fingerprint density at radius 3 is 2.17 bits per heavy atom. The molecule has 0 heterocycles. The quantitative estimate of drug-likeness (QED) is 0.683. The molecule has 1 atom stereocenters. The van der Waals surface area contributed by atoms with Crippen molar-refractivity contribution in [1.29, 1.82) is 0 Å². The van der Waals surface area contributed by atoms with Gasteiger partial charge in [-0.05, 0) is 30.0 Å². The third-order valence-corrected chi connectivity index (χ3v) is 3.75. The van der Waals surface area contributed by atoms with E-state index in [1.807, 2.05) is 6.07 Å². The Morgan fingerprint density at radius 2 is 1.57 bits per heavy atom. The molecule has 0 aliphatic rings. The summed E-state index contributed by atoms with van der Waals surface area (Å²) in [4.78, 5) is 0. The van der Waals surface area contributed by atoms with Crippen LogP contribution in [-0.4, -0.2) is 13.0 Å². The SMILES string of the molecule is F[B-](F)(F)C(CCc1ccccc1Cl)OCc1ccccc1.[K+]. The first-order valence-electron chi connectivity index (χ1n) is 7.05. The summed E-state index contributed by atoms with van der Waals surface area (Å²) in [6, 6.07) is 14.0. The second kappa shape index (κ2) is 10.2. The molecule has 0 aromatic heterocycles. The van der Waals surface area contributed by atoms with E-state index in [9.17, 15) is 12.9 Å². The van der Waals surface area contributed by atoms with Crippen LogP contribution in [0.5, 0.6) is 0 Å². The molecule has 0 N–H and O–H groups in total. The van der Waals surface area contributed by atoms with Gasteiger partial charge >= 0.3 is 58.4 Å².